The molecule has 0 fully saturated rings. The number of halogens is 1. The van der Waals surface area contributed by atoms with E-state index in [1.807, 2.05) is 0 Å². The number of amides is 3. The predicted molar refractivity (Wildman–Crippen MR) is 96.9 cm³/mol. The molecule has 2 aromatic heterocycles. The van der Waals surface area contributed by atoms with Gasteiger partial charge in [0.1, 0.15) is 11.6 Å². The summed E-state index contributed by atoms with van der Waals surface area (Å²) in [7, 11) is 1.25. The van der Waals surface area contributed by atoms with Crippen molar-refractivity contribution in [1.29, 1.82) is 0 Å². The number of nitrogens with one attached hydrogen (secondary N) is 4. The summed E-state index contributed by atoms with van der Waals surface area (Å²) in [4.78, 5) is 27.6. The normalized spacial score (nSPS) is 11.7. The topological polar surface area (TPSA) is 121 Å². The fraction of sp³-hybridized carbons (Fsp3) is 0.176. The summed E-state index contributed by atoms with van der Waals surface area (Å²) in [5.41, 5.74) is 1.33. The number of aromatic nitrogens is 3. The van der Waals surface area contributed by atoms with Gasteiger partial charge in [-0.05, 0) is 24.6 Å². The largest absolute Gasteiger partial charge is 0.453 e. The van der Waals surface area contributed by atoms with Crippen LogP contribution in [0.3, 0.4) is 0 Å². The highest BCUT2D eigenvalue weighted by Gasteiger charge is 2.13. The lowest BCUT2D eigenvalue weighted by molar-refractivity contribution is 0.187. The summed E-state index contributed by atoms with van der Waals surface area (Å²) in [5.74, 6) is 0.221. The third kappa shape index (κ3) is 4.29. The number of hydrogen-bond donors (Lipinski definition) is 4. The summed E-state index contributed by atoms with van der Waals surface area (Å²) in [6.45, 7) is 1.78. The Kier molecular flexibility index (Phi) is 5.15. The Morgan fingerprint density at radius 2 is 1.96 bits per heavy atom. The number of hydrogen-bond acceptors (Lipinski definition) is 5. The quantitative estimate of drug-likeness (QED) is 0.560. The molecule has 3 amide bonds. The van der Waals surface area contributed by atoms with Gasteiger partial charge in [-0.1, -0.05) is 12.1 Å². The molecule has 0 radical (unpaired) electrons. The van der Waals surface area contributed by atoms with Crippen molar-refractivity contribution in [3.05, 3.63) is 47.9 Å². The number of pyridine rings is 1. The van der Waals surface area contributed by atoms with Crippen molar-refractivity contribution in [2.75, 3.05) is 17.7 Å². The van der Waals surface area contributed by atoms with Gasteiger partial charge in [-0.3, -0.25) is 15.7 Å². The molecule has 0 aliphatic carbocycles. The molecule has 10 heteroatoms. The van der Waals surface area contributed by atoms with Crippen LogP contribution in [0.2, 0.25) is 0 Å². The minimum Gasteiger partial charge on any atom is -0.453 e. The number of rotatable bonds is 4. The van der Waals surface area contributed by atoms with E-state index in [1.54, 1.807) is 25.1 Å². The summed E-state index contributed by atoms with van der Waals surface area (Å²) >= 11 is 0. The number of carbonyl (C=O) groups excluding carboxylic acids is 2. The van der Waals surface area contributed by atoms with Gasteiger partial charge < -0.3 is 10.1 Å². The van der Waals surface area contributed by atoms with Crippen LogP contribution in [0, 0.1) is 5.82 Å². The van der Waals surface area contributed by atoms with Gasteiger partial charge >= 0.3 is 12.1 Å². The molecule has 0 unspecified atom stereocenters. The number of aromatic amines is 1. The number of anilines is 2. The monoisotopic (exact) mass is 372 g/mol. The second-order valence-corrected chi connectivity index (χ2v) is 5.68. The standard InChI is InChI=1S/C17H17FN6O3/c1-9(10-3-5-11(18)6-4-10)20-16(25)21-14-7-13-12(8-19-14)15(24-23-13)22-17(26)27-2/h3-9H,1-2H3,(H2,19,20,21,25)(H2,22,23,24,26)/t9-/m1/s1. The Morgan fingerprint density at radius 3 is 2.67 bits per heavy atom. The average molecular weight is 372 g/mol. The number of ether oxygens (including phenoxy) is 1. The number of carbonyl (C=O) groups is 2. The lowest BCUT2D eigenvalue weighted by atomic mass is 10.1. The summed E-state index contributed by atoms with van der Waals surface area (Å²) in [5, 5.41) is 15.1. The molecule has 27 heavy (non-hydrogen) atoms. The maximum Gasteiger partial charge on any atom is 0.412 e. The van der Waals surface area contributed by atoms with Gasteiger partial charge in [0.25, 0.3) is 0 Å². The third-order valence-corrected chi connectivity index (χ3v) is 3.81. The first kappa shape index (κ1) is 18.1. The van der Waals surface area contributed by atoms with Crippen molar-refractivity contribution in [3.8, 4) is 0 Å². The molecule has 0 spiro atoms. The van der Waals surface area contributed by atoms with Gasteiger partial charge in [-0.2, -0.15) is 5.10 Å². The van der Waals surface area contributed by atoms with Crippen LogP contribution in [-0.4, -0.2) is 34.4 Å². The zero-order valence-electron chi connectivity index (χ0n) is 14.5. The van der Waals surface area contributed by atoms with Crippen LogP contribution >= 0.6 is 0 Å². The molecule has 1 aromatic carbocycles. The molecule has 1 atom stereocenters. The Bertz CT molecular complexity index is 972. The van der Waals surface area contributed by atoms with Gasteiger partial charge in [0.15, 0.2) is 5.82 Å². The zero-order valence-corrected chi connectivity index (χ0v) is 14.5. The summed E-state index contributed by atoms with van der Waals surface area (Å²) < 4.78 is 17.5. The van der Waals surface area contributed by atoms with Crippen LogP contribution in [0.1, 0.15) is 18.5 Å². The first-order valence-corrected chi connectivity index (χ1v) is 7.98. The van der Waals surface area contributed by atoms with Crippen LogP contribution in [-0.2, 0) is 4.74 Å². The number of methoxy groups -OCH3 is 1. The summed E-state index contributed by atoms with van der Waals surface area (Å²) in [6, 6.07) is 6.66. The van der Waals surface area contributed by atoms with E-state index in [-0.39, 0.29) is 17.7 Å². The minimum absolute atomic E-state index is 0.269. The van der Waals surface area contributed by atoms with Crippen LogP contribution in [0.15, 0.2) is 36.5 Å². The highest BCUT2D eigenvalue weighted by molar-refractivity contribution is 5.98. The highest BCUT2D eigenvalue weighted by atomic mass is 19.1. The molecule has 0 saturated carbocycles. The lowest BCUT2D eigenvalue weighted by Gasteiger charge is -2.14. The fourth-order valence-electron chi connectivity index (χ4n) is 2.41. The first-order valence-electron chi connectivity index (χ1n) is 7.98. The molecular weight excluding hydrogens is 355 g/mol. The van der Waals surface area contributed by atoms with E-state index in [0.29, 0.717) is 16.7 Å². The predicted octanol–water partition coefficient (Wildman–Crippen LogP) is 3.16. The van der Waals surface area contributed by atoms with E-state index < -0.39 is 12.1 Å². The van der Waals surface area contributed by atoms with Gasteiger partial charge in [0.05, 0.1) is 24.1 Å². The molecule has 3 aromatic rings. The molecule has 2 heterocycles. The number of urea groups is 1. The Hall–Kier alpha value is -3.69. The van der Waals surface area contributed by atoms with E-state index in [0.717, 1.165) is 5.56 Å². The van der Waals surface area contributed by atoms with Crippen molar-refractivity contribution in [2.45, 2.75) is 13.0 Å². The number of H-pyrrole nitrogens is 1. The van der Waals surface area contributed by atoms with Crippen molar-refractivity contribution in [2.24, 2.45) is 0 Å². The van der Waals surface area contributed by atoms with Gasteiger partial charge in [-0.15, -0.1) is 0 Å². The number of fused-ring (bicyclic) bond motifs is 1. The minimum atomic E-state index is -0.653. The summed E-state index contributed by atoms with van der Waals surface area (Å²) in [6.07, 6.45) is 0.808. The third-order valence-electron chi connectivity index (χ3n) is 3.81. The molecular formula is C17H17FN6O3. The molecule has 0 bridgehead atoms. The maximum atomic E-state index is 13.0. The smallest absolute Gasteiger partial charge is 0.412 e. The van der Waals surface area contributed by atoms with E-state index in [2.05, 4.69) is 35.9 Å². The molecule has 3 rings (SSSR count). The molecule has 0 saturated heterocycles. The zero-order chi connectivity index (χ0) is 19.4. The first-order chi connectivity index (χ1) is 13.0. The van der Waals surface area contributed by atoms with Crippen LogP contribution in [0.25, 0.3) is 10.9 Å². The van der Waals surface area contributed by atoms with E-state index in [9.17, 15) is 14.0 Å². The highest BCUT2D eigenvalue weighted by Crippen LogP contribution is 2.22. The van der Waals surface area contributed by atoms with Crippen molar-refractivity contribution in [1.82, 2.24) is 20.5 Å². The molecule has 9 nitrogen and oxygen atoms in total. The van der Waals surface area contributed by atoms with Crippen LogP contribution in [0.5, 0.6) is 0 Å². The SMILES string of the molecule is COC(=O)Nc1n[nH]c2cc(NC(=O)N[C@H](C)c3ccc(F)cc3)ncc12. The second kappa shape index (κ2) is 7.68. The van der Waals surface area contributed by atoms with Crippen molar-refractivity contribution >= 4 is 34.7 Å². The molecule has 0 aliphatic heterocycles. The van der Waals surface area contributed by atoms with Crippen LogP contribution < -0.4 is 16.0 Å². The Labute approximate surface area is 153 Å². The van der Waals surface area contributed by atoms with Crippen molar-refractivity contribution < 1.29 is 18.7 Å². The lowest BCUT2D eigenvalue weighted by Crippen LogP contribution is -2.31. The average Bonchev–Trinajstić information content (AvgIpc) is 3.04. The van der Waals surface area contributed by atoms with E-state index in [4.69, 9.17) is 0 Å². The maximum absolute atomic E-state index is 13.0. The fourth-order valence-corrected chi connectivity index (χ4v) is 2.41. The van der Waals surface area contributed by atoms with E-state index >= 15 is 0 Å². The van der Waals surface area contributed by atoms with E-state index in [1.165, 1.54) is 25.4 Å². The van der Waals surface area contributed by atoms with Crippen molar-refractivity contribution in [3.63, 3.8) is 0 Å². The van der Waals surface area contributed by atoms with Crippen LogP contribution in [0.4, 0.5) is 25.6 Å². The Morgan fingerprint density at radius 1 is 1.22 bits per heavy atom. The second-order valence-electron chi connectivity index (χ2n) is 5.68. The van der Waals surface area contributed by atoms with Gasteiger partial charge in [0.2, 0.25) is 0 Å². The number of benzene rings is 1. The molecule has 0 aliphatic rings. The molecule has 140 valence electrons. The Balaban J connectivity index is 1.66. The number of nitrogens with zero attached hydrogens (tertiary/aromatic N) is 2. The van der Waals surface area contributed by atoms with Gasteiger partial charge in [-0.25, -0.2) is 19.0 Å². The van der Waals surface area contributed by atoms with Gasteiger partial charge in [0, 0.05) is 12.3 Å². The molecule has 4 N–H and O–H groups in total.